The molecule has 3 rings (SSSR count). The molecule has 184 valence electrons. The summed E-state index contributed by atoms with van der Waals surface area (Å²) in [6.07, 6.45) is 6.50. The first-order valence-corrected chi connectivity index (χ1v) is 13.0. The summed E-state index contributed by atoms with van der Waals surface area (Å²) in [4.78, 5) is 10.4. The SMILES string of the molecule is CCCC#Cc1ccc2c(c1)O[C@@H](CN(C)Cc1cncnc1)[C@@H](C)CN([C@@H](C)CO)S2(=O)=O. The number of aliphatic hydroxyl groups excluding tert-OH is 1. The van der Waals surface area contributed by atoms with E-state index >= 15 is 0 Å². The zero-order valence-electron chi connectivity index (χ0n) is 20.3. The van der Waals surface area contributed by atoms with Crippen molar-refractivity contribution in [3.05, 3.63) is 48.0 Å². The number of sulfonamides is 1. The minimum Gasteiger partial charge on any atom is -0.487 e. The summed E-state index contributed by atoms with van der Waals surface area (Å²) in [5, 5.41) is 9.78. The Morgan fingerprint density at radius 1 is 1.32 bits per heavy atom. The number of nitrogens with zero attached hydrogens (tertiary/aromatic N) is 4. The number of fused-ring (bicyclic) bond motifs is 1. The highest BCUT2D eigenvalue weighted by Crippen LogP contribution is 2.34. The fraction of sp³-hybridized carbons (Fsp3) is 0.520. The second kappa shape index (κ2) is 11.8. The molecule has 3 atom stereocenters. The van der Waals surface area contributed by atoms with Crippen molar-refractivity contribution in [3.63, 3.8) is 0 Å². The van der Waals surface area contributed by atoms with Gasteiger partial charge in [0.05, 0.1) is 6.61 Å². The molecule has 0 bridgehead atoms. The average Bonchev–Trinajstić information content (AvgIpc) is 2.81. The molecular weight excluding hydrogens is 452 g/mol. The molecule has 0 spiro atoms. The lowest BCUT2D eigenvalue weighted by Crippen LogP contribution is -2.49. The smallest absolute Gasteiger partial charge is 0.247 e. The Balaban J connectivity index is 1.97. The molecule has 2 heterocycles. The van der Waals surface area contributed by atoms with Crippen molar-refractivity contribution in [1.82, 2.24) is 19.2 Å². The van der Waals surface area contributed by atoms with E-state index in [1.165, 1.54) is 10.6 Å². The fourth-order valence-electron chi connectivity index (χ4n) is 3.91. The highest BCUT2D eigenvalue weighted by molar-refractivity contribution is 7.89. The maximum atomic E-state index is 13.5. The van der Waals surface area contributed by atoms with Gasteiger partial charge < -0.3 is 9.84 Å². The molecule has 9 heteroatoms. The average molecular weight is 487 g/mol. The molecule has 0 aliphatic carbocycles. The van der Waals surface area contributed by atoms with E-state index in [0.717, 1.165) is 18.4 Å². The van der Waals surface area contributed by atoms with Gasteiger partial charge in [0.2, 0.25) is 10.0 Å². The summed E-state index contributed by atoms with van der Waals surface area (Å²) < 4.78 is 34.9. The number of rotatable bonds is 7. The summed E-state index contributed by atoms with van der Waals surface area (Å²) in [6.45, 7) is 6.95. The molecule has 1 aliphatic heterocycles. The standard InChI is InChI=1S/C25H34N4O4S/c1-5-6-7-8-21-9-10-25-23(11-21)33-24(16-28(4)15-22-12-26-18-27-13-22)19(2)14-29(20(3)17-30)34(25,31)32/h9-13,18-20,24,30H,5-6,14-17H2,1-4H3/t19-,20-,24-/m0/s1. The van der Waals surface area contributed by atoms with Crippen molar-refractivity contribution in [2.75, 3.05) is 26.7 Å². The van der Waals surface area contributed by atoms with Gasteiger partial charge in [0.15, 0.2) is 0 Å². The van der Waals surface area contributed by atoms with Crippen molar-refractivity contribution >= 4 is 10.0 Å². The molecular formula is C25H34N4O4S. The van der Waals surface area contributed by atoms with E-state index in [-0.39, 0.29) is 30.1 Å². The van der Waals surface area contributed by atoms with Crippen LogP contribution in [0.1, 0.15) is 44.7 Å². The number of unbranched alkanes of at least 4 members (excludes halogenated alkanes) is 1. The van der Waals surface area contributed by atoms with E-state index in [1.54, 1.807) is 37.5 Å². The third kappa shape index (κ3) is 6.33. The molecule has 2 aromatic rings. The minimum absolute atomic E-state index is 0.102. The lowest BCUT2D eigenvalue weighted by molar-refractivity contribution is 0.0733. The maximum Gasteiger partial charge on any atom is 0.247 e. The normalized spacial score (nSPS) is 20.9. The second-order valence-electron chi connectivity index (χ2n) is 8.90. The Labute approximate surface area is 203 Å². The quantitative estimate of drug-likeness (QED) is 0.601. The van der Waals surface area contributed by atoms with Gasteiger partial charge in [0.1, 0.15) is 23.1 Å². The molecule has 0 radical (unpaired) electrons. The van der Waals surface area contributed by atoms with E-state index in [2.05, 4.69) is 33.6 Å². The number of hydrogen-bond acceptors (Lipinski definition) is 7. The third-order valence-corrected chi connectivity index (χ3v) is 7.85. The number of aliphatic hydroxyl groups is 1. The molecule has 1 aromatic carbocycles. The molecule has 0 amide bonds. The van der Waals surface area contributed by atoms with Crippen LogP contribution in [0.25, 0.3) is 0 Å². The Hall–Kier alpha value is -2.51. The van der Waals surface area contributed by atoms with E-state index < -0.39 is 16.1 Å². The lowest BCUT2D eigenvalue weighted by atomic mass is 10.0. The van der Waals surface area contributed by atoms with Crippen LogP contribution in [0.4, 0.5) is 0 Å². The Kier molecular flexibility index (Phi) is 9.03. The van der Waals surface area contributed by atoms with Gasteiger partial charge in [-0.15, -0.1) is 0 Å². The number of hydrogen-bond donors (Lipinski definition) is 1. The molecule has 1 N–H and O–H groups in total. The third-order valence-electron chi connectivity index (χ3n) is 5.83. The number of ether oxygens (including phenoxy) is 1. The molecule has 0 unspecified atom stereocenters. The summed E-state index contributed by atoms with van der Waals surface area (Å²) in [5.74, 6) is 6.38. The van der Waals surface area contributed by atoms with E-state index in [4.69, 9.17) is 4.74 Å². The fourth-order valence-corrected chi connectivity index (χ4v) is 5.73. The van der Waals surface area contributed by atoms with E-state index in [9.17, 15) is 13.5 Å². The number of aromatic nitrogens is 2. The lowest BCUT2D eigenvalue weighted by Gasteiger charge is -2.37. The van der Waals surface area contributed by atoms with E-state index in [1.807, 2.05) is 14.0 Å². The molecule has 1 aromatic heterocycles. The monoisotopic (exact) mass is 486 g/mol. The maximum absolute atomic E-state index is 13.5. The minimum atomic E-state index is -3.86. The van der Waals surface area contributed by atoms with Gasteiger partial charge in [0, 0.05) is 61.5 Å². The largest absolute Gasteiger partial charge is 0.487 e. The van der Waals surface area contributed by atoms with Crippen LogP contribution < -0.4 is 4.74 Å². The predicted molar refractivity (Wildman–Crippen MR) is 131 cm³/mol. The van der Waals surface area contributed by atoms with Gasteiger partial charge in [-0.2, -0.15) is 4.31 Å². The van der Waals surface area contributed by atoms with Crippen LogP contribution >= 0.6 is 0 Å². The van der Waals surface area contributed by atoms with Crippen LogP contribution in [0.5, 0.6) is 5.75 Å². The molecule has 34 heavy (non-hydrogen) atoms. The first-order chi connectivity index (χ1) is 16.3. The molecule has 0 fully saturated rings. The van der Waals surface area contributed by atoms with Gasteiger partial charge in [-0.25, -0.2) is 18.4 Å². The summed E-state index contributed by atoms with van der Waals surface area (Å²) in [5.41, 5.74) is 1.70. The van der Waals surface area contributed by atoms with Gasteiger partial charge in [-0.1, -0.05) is 25.7 Å². The second-order valence-corrected chi connectivity index (χ2v) is 10.8. The predicted octanol–water partition coefficient (Wildman–Crippen LogP) is 2.53. The van der Waals surface area contributed by atoms with Crippen molar-refractivity contribution in [2.45, 2.75) is 57.2 Å². The van der Waals surface area contributed by atoms with Crippen molar-refractivity contribution in [2.24, 2.45) is 5.92 Å². The zero-order valence-corrected chi connectivity index (χ0v) is 21.1. The van der Waals surface area contributed by atoms with Crippen molar-refractivity contribution in [3.8, 4) is 17.6 Å². The number of benzene rings is 1. The van der Waals surface area contributed by atoms with Crippen LogP contribution in [0.3, 0.4) is 0 Å². The van der Waals surface area contributed by atoms with Gasteiger partial charge in [-0.3, -0.25) is 4.90 Å². The van der Waals surface area contributed by atoms with Crippen LogP contribution in [-0.4, -0.2) is 71.6 Å². The van der Waals surface area contributed by atoms with Crippen molar-refractivity contribution < 1.29 is 18.3 Å². The molecule has 0 saturated heterocycles. The number of likely N-dealkylation sites (N-methyl/N-ethyl adjacent to an activating group) is 1. The van der Waals surface area contributed by atoms with Crippen molar-refractivity contribution in [1.29, 1.82) is 0 Å². The zero-order chi connectivity index (χ0) is 24.7. The van der Waals surface area contributed by atoms with Gasteiger partial charge in [-0.05, 0) is 38.6 Å². The Morgan fingerprint density at radius 2 is 2.06 bits per heavy atom. The Morgan fingerprint density at radius 3 is 2.74 bits per heavy atom. The first kappa shape index (κ1) is 26.1. The summed E-state index contributed by atoms with van der Waals surface area (Å²) >= 11 is 0. The Bertz CT molecular complexity index is 1110. The molecule has 8 nitrogen and oxygen atoms in total. The van der Waals surface area contributed by atoms with Gasteiger partial charge in [0.25, 0.3) is 0 Å². The van der Waals surface area contributed by atoms with Crippen LogP contribution in [0, 0.1) is 17.8 Å². The molecule has 0 saturated carbocycles. The van der Waals surface area contributed by atoms with Gasteiger partial charge >= 0.3 is 0 Å². The highest BCUT2D eigenvalue weighted by atomic mass is 32.2. The first-order valence-electron chi connectivity index (χ1n) is 11.6. The summed E-state index contributed by atoms with van der Waals surface area (Å²) in [7, 11) is -1.87. The van der Waals surface area contributed by atoms with Crippen LogP contribution in [0.2, 0.25) is 0 Å². The topological polar surface area (TPSA) is 95.9 Å². The highest BCUT2D eigenvalue weighted by Gasteiger charge is 2.38. The van der Waals surface area contributed by atoms with Crippen LogP contribution in [0.15, 0.2) is 41.8 Å². The van der Waals surface area contributed by atoms with Crippen LogP contribution in [-0.2, 0) is 16.6 Å². The van der Waals surface area contributed by atoms with E-state index in [0.29, 0.717) is 24.4 Å². The molecule has 1 aliphatic rings. The summed E-state index contributed by atoms with van der Waals surface area (Å²) in [6, 6.07) is 4.44.